The minimum absolute atomic E-state index is 0.159. The Hall–Kier alpha value is -3.98. The fraction of sp³-hybridized carbons (Fsp3) is 0.235. The zero-order valence-corrected chi connectivity index (χ0v) is 21.8. The van der Waals surface area contributed by atoms with Crippen molar-refractivity contribution in [2.75, 3.05) is 6.54 Å². The Bertz CT molecular complexity index is 1300. The van der Waals surface area contributed by atoms with Crippen LogP contribution in [0.4, 0.5) is 0 Å². The molecule has 0 saturated heterocycles. The Morgan fingerprint density at radius 2 is 1.32 bits per heavy atom. The first kappa shape index (κ1) is 26.1. The number of nitrogens with zero attached hydrogens (tertiary/aromatic N) is 1. The molecule has 3 aromatic carbocycles. The lowest BCUT2D eigenvalue weighted by molar-refractivity contribution is 0.0624. The van der Waals surface area contributed by atoms with Crippen molar-refractivity contribution in [3.8, 4) is 11.1 Å². The van der Waals surface area contributed by atoms with Crippen LogP contribution in [0.25, 0.3) is 23.3 Å². The summed E-state index contributed by atoms with van der Waals surface area (Å²) in [6, 6.07) is 24.1. The summed E-state index contributed by atoms with van der Waals surface area (Å²) in [5.41, 5.74) is 5.28. The number of benzene rings is 3. The van der Waals surface area contributed by atoms with E-state index in [9.17, 15) is 9.59 Å². The standard InChI is InChI=1S/C34H35NO2/c1-3-5-13-26(4-2)25-35-33(36)31-23-22-30(24-32(31)34(35)37)29-20-18-28(19-21-29)17-10-7-6-9-14-27-15-11-8-12-16-27/h6-12,14-24,26H,3-5,13,25H2,1-2H3/b7-6+,14-9+,17-10+. The van der Waals surface area contributed by atoms with Crippen molar-refractivity contribution >= 4 is 24.0 Å². The Morgan fingerprint density at radius 1 is 0.703 bits per heavy atom. The molecule has 2 amide bonds. The number of rotatable bonds is 11. The summed E-state index contributed by atoms with van der Waals surface area (Å²) in [7, 11) is 0. The van der Waals surface area contributed by atoms with E-state index in [0.29, 0.717) is 23.6 Å². The van der Waals surface area contributed by atoms with Crippen LogP contribution in [0.2, 0.25) is 0 Å². The Morgan fingerprint density at radius 3 is 1.97 bits per heavy atom. The molecule has 0 aromatic heterocycles. The summed E-state index contributed by atoms with van der Waals surface area (Å²) in [4.78, 5) is 27.5. The Kier molecular flexibility index (Phi) is 9.04. The van der Waals surface area contributed by atoms with Crippen LogP contribution < -0.4 is 0 Å². The fourth-order valence-corrected chi connectivity index (χ4v) is 4.62. The molecule has 0 saturated carbocycles. The topological polar surface area (TPSA) is 37.4 Å². The number of hydrogen-bond donors (Lipinski definition) is 0. The monoisotopic (exact) mass is 489 g/mol. The molecule has 0 fully saturated rings. The van der Waals surface area contributed by atoms with Crippen molar-refractivity contribution in [2.24, 2.45) is 5.92 Å². The second kappa shape index (κ2) is 12.8. The summed E-state index contributed by atoms with van der Waals surface area (Å²) in [6.07, 6.45) is 16.5. The third-order valence-electron chi connectivity index (χ3n) is 6.91. The van der Waals surface area contributed by atoms with E-state index in [2.05, 4.69) is 62.4 Å². The summed E-state index contributed by atoms with van der Waals surface area (Å²) < 4.78 is 0. The van der Waals surface area contributed by atoms with Crippen molar-refractivity contribution in [1.82, 2.24) is 4.90 Å². The van der Waals surface area contributed by atoms with E-state index >= 15 is 0 Å². The molecule has 1 atom stereocenters. The molecule has 0 spiro atoms. The first-order chi connectivity index (χ1) is 18.1. The quantitative estimate of drug-likeness (QED) is 0.200. The molecule has 3 nitrogen and oxygen atoms in total. The van der Waals surface area contributed by atoms with Crippen LogP contribution in [0.3, 0.4) is 0 Å². The molecule has 1 unspecified atom stereocenters. The van der Waals surface area contributed by atoms with Gasteiger partial charge >= 0.3 is 0 Å². The van der Waals surface area contributed by atoms with Crippen molar-refractivity contribution < 1.29 is 9.59 Å². The molecular formula is C34H35NO2. The third-order valence-corrected chi connectivity index (χ3v) is 6.91. The number of imide groups is 1. The zero-order valence-electron chi connectivity index (χ0n) is 21.8. The van der Waals surface area contributed by atoms with Crippen LogP contribution >= 0.6 is 0 Å². The van der Waals surface area contributed by atoms with Gasteiger partial charge in [-0.15, -0.1) is 0 Å². The summed E-state index contributed by atoms with van der Waals surface area (Å²) in [6.45, 7) is 4.81. The maximum Gasteiger partial charge on any atom is 0.261 e. The minimum atomic E-state index is -0.163. The highest BCUT2D eigenvalue weighted by molar-refractivity contribution is 6.21. The normalized spacial score (nSPS) is 14.4. The van der Waals surface area contributed by atoms with Gasteiger partial charge in [-0.05, 0) is 46.7 Å². The SMILES string of the molecule is CCCCC(CC)CN1C(=O)c2ccc(-c3ccc(/C=C/C=C/C=C/c4ccccc4)cc3)cc2C1=O. The predicted octanol–water partition coefficient (Wildman–Crippen LogP) is 8.45. The second-order valence-electron chi connectivity index (χ2n) is 9.53. The van der Waals surface area contributed by atoms with Gasteiger partial charge in [0.1, 0.15) is 0 Å². The van der Waals surface area contributed by atoms with Crippen LogP contribution in [0.5, 0.6) is 0 Å². The van der Waals surface area contributed by atoms with Gasteiger partial charge in [0, 0.05) is 6.54 Å². The van der Waals surface area contributed by atoms with E-state index in [1.54, 1.807) is 6.07 Å². The predicted molar refractivity (Wildman–Crippen MR) is 154 cm³/mol. The van der Waals surface area contributed by atoms with E-state index in [0.717, 1.165) is 42.4 Å². The maximum atomic E-state index is 13.1. The number of carbonyl (C=O) groups is 2. The van der Waals surface area contributed by atoms with Gasteiger partial charge in [-0.25, -0.2) is 0 Å². The highest BCUT2D eigenvalue weighted by atomic mass is 16.2. The molecule has 0 radical (unpaired) electrons. The van der Waals surface area contributed by atoms with Gasteiger partial charge in [-0.1, -0.05) is 130 Å². The number of carbonyl (C=O) groups excluding carboxylic acids is 2. The third kappa shape index (κ3) is 6.62. The molecule has 3 aromatic rings. The second-order valence-corrected chi connectivity index (χ2v) is 9.53. The van der Waals surface area contributed by atoms with E-state index in [-0.39, 0.29) is 11.8 Å². The van der Waals surface area contributed by atoms with Crippen LogP contribution in [-0.4, -0.2) is 23.3 Å². The molecule has 3 heteroatoms. The van der Waals surface area contributed by atoms with Crippen LogP contribution in [0, 0.1) is 5.92 Å². The summed E-state index contributed by atoms with van der Waals surface area (Å²) in [5, 5.41) is 0. The maximum absolute atomic E-state index is 13.1. The summed E-state index contributed by atoms with van der Waals surface area (Å²) >= 11 is 0. The van der Waals surface area contributed by atoms with Crippen molar-refractivity contribution in [3.05, 3.63) is 119 Å². The van der Waals surface area contributed by atoms with Gasteiger partial charge in [0.2, 0.25) is 0 Å². The number of unbranched alkanes of at least 4 members (excludes halogenated alkanes) is 1. The molecule has 0 bridgehead atoms. The fourth-order valence-electron chi connectivity index (χ4n) is 4.62. The van der Waals surface area contributed by atoms with E-state index in [1.165, 1.54) is 10.5 Å². The molecule has 0 aliphatic carbocycles. The number of amides is 2. The molecule has 188 valence electrons. The van der Waals surface area contributed by atoms with E-state index in [4.69, 9.17) is 0 Å². The lowest BCUT2D eigenvalue weighted by Crippen LogP contribution is -2.34. The first-order valence-electron chi connectivity index (χ1n) is 13.3. The van der Waals surface area contributed by atoms with Gasteiger partial charge < -0.3 is 0 Å². The lowest BCUT2D eigenvalue weighted by Gasteiger charge is -2.21. The van der Waals surface area contributed by atoms with E-state index < -0.39 is 0 Å². The molecule has 37 heavy (non-hydrogen) atoms. The molecule has 4 rings (SSSR count). The first-order valence-corrected chi connectivity index (χ1v) is 13.3. The zero-order chi connectivity index (χ0) is 26.0. The largest absolute Gasteiger partial charge is 0.274 e. The van der Waals surface area contributed by atoms with Crippen molar-refractivity contribution in [1.29, 1.82) is 0 Å². The highest BCUT2D eigenvalue weighted by Crippen LogP contribution is 2.30. The Labute approximate surface area is 220 Å². The smallest absolute Gasteiger partial charge is 0.261 e. The highest BCUT2D eigenvalue weighted by Gasteiger charge is 2.36. The van der Waals surface area contributed by atoms with E-state index in [1.807, 2.05) is 54.6 Å². The number of fused-ring (bicyclic) bond motifs is 1. The van der Waals surface area contributed by atoms with Crippen LogP contribution in [0.15, 0.2) is 97.1 Å². The minimum Gasteiger partial charge on any atom is -0.274 e. The molecule has 1 aliphatic heterocycles. The van der Waals surface area contributed by atoms with Gasteiger partial charge in [0.05, 0.1) is 11.1 Å². The average molecular weight is 490 g/mol. The summed E-state index contributed by atoms with van der Waals surface area (Å²) in [5.74, 6) is 0.0371. The van der Waals surface area contributed by atoms with Crippen molar-refractivity contribution in [2.45, 2.75) is 39.5 Å². The molecule has 0 N–H and O–H groups in total. The number of allylic oxidation sites excluding steroid dienone is 4. The molecule has 1 heterocycles. The molecule has 1 aliphatic rings. The lowest BCUT2D eigenvalue weighted by atomic mass is 9.99. The van der Waals surface area contributed by atoms with Gasteiger partial charge in [-0.2, -0.15) is 0 Å². The van der Waals surface area contributed by atoms with Crippen LogP contribution in [-0.2, 0) is 0 Å². The van der Waals surface area contributed by atoms with Gasteiger partial charge in [0.15, 0.2) is 0 Å². The van der Waals surface area contributed by atoms with Crippen LogP contribution in [0.1, 0.15) is 71.4 Å². The average Bonchev–Trinajstić information content (AvgIpc) is 3.17. The van der Waals surface area contributed by atoms with Gasteiger partial charge in [-0.3, -0.25) is 14.5 Å². The van der Waals surface area contributed by atoms with Gasteiger partial charge in [0.25, 0.3) is 11.8 Å². The van der Waals surface area contributed by atoms with Crippen molar-refractivity contribution in [3.63, 3.8) is 0 Å². The molecular weight excluding hydrogens is 454 g/mol. The Balaban J connectivity index is 1.40. The number of hydrogen-bond acceptors (Lipinski definition) is 2.